The monoisotopic (exact) mass is 342 g/mol. The first-order valence-electron chi connectivity index (χ1n) is 8.17. The van der Waals surface area contributed by atoms with Crippen LogP contribution < -0.4 is 11.1 Å². The molecule has 0 aliphatic carbocycles. The minimum Gasteiger partial charge on any atom is -0.373 e. The van der Waals surface area contributed by atoms with Gasteiger partial charge in [0.05, 0.1) is 6.04 Å². The van der Waals surface area contributed by atoms with Gasteiger partial charge in [-0.3, -0.25) is 9.78 Å². The molecule has 1 unspecified atom stereocenters. The van der Waals surface area contributed by atoms with E-state index in [2.05, 4.69) is 25.5 Å². The van der Waals surface area contributed by atoms with Crippen molar-refractivity contribution in [3.63, 3.8) is 0 Å². The van der Waals surface area contributed by atoms with Crippen molar-refractivity contribution in [3.8, 4) is 11.1 Å². The number of pyridine rings is 1. The highest BCUT2D eigenvalue weighted by molar-refractivity contribution is 6.10. The molecule has 0 fully saturated rings. The van der Waals surface area contributed by atoms with E-state index in [-0.39, 0.29) is 11.7 Å². The lowest BCUT2D eigenvalue weighted by Crippen LogP contribution is -2.15. The van der Waals surface area contributed by atoms with Crippen molar-refractivity contribution in [2.24, 2.45) is 5.73 Å². The minimum absolute atomic E-state index is 0.148. The van der Waals surface area contributed by atoms with Crippen LogP contribution in [0.3, 0.4) is 0 Å². The average molecular weight is 342 g/mol. The molecule has 1 atom stereocenters. The fourth-order valence-corrected chi connectivity index (χ4v) is 3.57. The molecule has 1 aliphatic heterocycles. The van der Waals surface area contributed by atoms with Gasteiger partial charge in [-0.15, -0.1) is 10.2 Å². The van der Waals surface area contributed by atoms with E-state index in [1.54, 1.807) is 6.20 Å². The summed E-state index contributed by atoms with van der Waals surface area (Å²) < 4.78 is 0. The van der Waals surface area contributed by atoms with E-state index < -0.39 is 5.91 Å². The second kappa shape index (κ2) is 5.38. The van der Waals surface area contributed by atoms with E-state index in [0.717, 1.165) is 27.8 Å². The van der Waals surface area contributed by atoms with Crippen molar-refractivity contribution in [3.05, 3.63) is 71.8 Å². The number of nitrogens with zero attached hydrogens (tertiary/aromatic N) is 3. The van der Waals surface area contributed by atoms with Gasteiger partial charge < -0.3 is 16.0 Å². The Labute approximate surface area is 148 Å². The first-order chi connectivity index (χ1) is 12.7. The first kappa shape index (κ1) is 14.6. The number of fused-ring (bicyclic) bond motifs is 2. The number of hydrogen-bond acceptors (Lipinski definition) is 5. The number of H-pyrrole nitrogens is 1. The summed E-state index contributed by atoms with van der Waals surface area (Å²) >= 11 is 0. The maximum atomic E-state index is 12.0. The van der Waals surface area contributed by atoms with Crippen LogP contribution in [-0.2, 0) is 0 Å². The molecule has 26 heavy (non-hydrogen) atoms. The van der Waals surface area contributed by atoms with Crippen molar-refractivity contribution in [1.82, 2.24) is 20.2 Å². The molecule has 7 nitrogen and oxygen atoms in total. The second-order valence-electron chi connectivity index (χ2n) is 6.16. The van der Waals surface area contributed by atoms with Crippen LogP contribution in [0.1, 0.15) is 27.7 Å². The molecule has 0 bridgehead atoms. The molecular weight excluding hydrogens is 328 g/mol. The number of aromatic amines is 1. The van der Waals surface area contributed by atoms with E-state index in [4.69, 9.17) is 5.73 Å². The summed E-state index contributed by atoms with van der Waals surface area (Å²) in [6, 6.07) is 11.6. The van der Waals surface area contributed by atoms with Gasteiger partial charge in [0.25, 0.3) is 5.91 Å². The number of anilines is 1. The van der Waals surface area contributed by atoms with Gasteiger partial charge in [0, 0.05) is 46.4 Å². The second-order valence-corrected chi connectivity index (χ2v) is 6.16. The number of rotatable bonds is 2. The highest BCUT2D eigenvalue weighted by atomic mass is 16.1. The van der Waals surface area contributed by atoms with E-state index in [0.29, 0.717) is 11.2 Å². The van der Waals surface area contributed by atoms with Gasteiger partial charge in [-0.1, -0.05) is 24.3 Å². The van der Waals surface area contributed by atoms with Crippen LogP contribution in [0.15, 0.2) is 55.0 Å². The molecule has 1 aliphatic rings. The minimum atomic E-state index is -0.601. The number of benzene rings is 1. The van der Waals surface area contributed by atoms with Gasteiger partial charge >= 0.3 is 0 Å². The predicted molar refractivity (Wildman–Crippen MR) is 97.5 cm³/mol. The Morgan fingerprint density at radius 3 is 2.81 bits per heavy atom. The predicted octanol–water partition coefficient (Wildman–Crippen LogP) is 2.63. The number of carbonyl (C=O) groups excluding carboxylic acids is 1. The topological polar surface area (TPSA) is 110 Å². The number of para-hydroxylation sites is 1. The third-order valence-corrected chi connectivity index (χ3v) is 4.69. The fraction of sp³-hybridized carbons (Fsp3) is 0.0526. The van der Waals surface area contributed by atoms with Crippen LogP contribution in [0.25, 0.3) is 22.2 Å². The van der Waals surface area contributed by atoms with Crippen LogP contribution in [-0.4, -0.2) is 26.1 Å². The Hall–Kier alpha value is -3.74. The molecule has 4 N–H and O–H groups in total. The zero-order valence-electron chi connectivity index (χ0n) is 13.6. The van der Waals surface area contributed by atoms with Gasteiger partial charge in [-0.2, -0.15) is 0 Å². The molecule has 7 heteroatoms. The molecule has 0 spiro atoms. The largest absolute Gasteiger partial charge is 0.373 e. The maximum Gasteiger partial charge on any atom is 0.269 e. The molecule has 0 saturated carbocycles. The van der Waals surface area contributed by atoms with Crippen molar-refractivity contribution in [2.75, 3.05) is 5.32 Å². The number of nitrogens with one attached hydrogen (secondary N) is 2. The Morgan fingerprint density at radius 2 is 2.00 bits per heavy atom. The zero-order chi connectivity index (χ0) is 17.7. The lowest BCUT2D eigenvalue weighted by atomic mass is 9.96. The summed E-state index contributed by atoms with van der Waals surface area (Å²) in [5, 5.41) is 12.6. The molecule has 126 valence electrons. The van der Waals surface area contributed by atoms with Crippen molar-refractivity contribution in [1.29, 1.82) is 0 Å². The molecule has 0 saturated heterocycles. The van der Waals surface area contributed by atoms with Crippen LogP contribution in [0.2, 0.25) is 0 Å². The van der Waals surface area contributed by atoms with Gasteiger partial charge in [-0.05, 0) is 17.7 Å². The normalized spacial score (nSPS) is 15.2. The van der Waals surface area contributed by atoms with Gasteiger partial charge in [0.1, 0.15) is 0 Å². The Balaban J connectivity index is 1.92. The van der Waals surface area contributed by atoms with E-state index >= 15 is 0 Å². The van der Waals surface area contributed by atoms with E-state index in [1.165, 1.54) is 0 Å². The number of aromatic nitrogens is 4. The van der Waals surface area contributed by atoms with Gasteiger partial charge in [0.2, 0.25) is 0 Å². The molecule has 1 aromatic carbocycles. The summed E-state index contributed by atoms with van der Waals surface area (Å²) in [5.74, 6) is -0.601. The average Bonchev–Trinajstić information content (AvgIpc) is 3.03. The zero-order valence-corrected chi connectivity index (χ0v) is 13.6. The summed E-state index contributed by atoms with van der Waals surface area (Å²) in [6.45, 7) is 0. The Bertz CT molecular complexity index is 1150. The summed E-state index contributed by atoms with van der Waals surface area (Å²) in [7, 11) is 0. The van der Waals surface area contributed by atoms with Gasteiger partial charge in [0.15, 0.2) is 11.3 Å². The fourth-order valence-electron chi connectivity index (χ4n) is 3.57. The number of hydrogen-bond donors (Lipinski definition) is 3. The summed E-state index contributed by atoms with van der Waals surface area (Å²) in [6.07, 6.45) is 5.46. The van der Waals surface area contributed by atoms with Crippen LogP contribution in [0.5, 0.6) is 0 Å². The van der Waals surface area contributed by atoms with E-state index in [9.17, 15) is 4.79 Å². The van der Waals surface area contributed by atoms with Crippen LogP contribution in [0.4, 0.5) is 5.69 Å². The third kappa shape index (κ3) is 2.00. The lowest BCUT2D eigenvalue weighted by molar-refractivity contribution is 0.0995. The van der Waals surface area contributed by atoms with Crippen molar-refractivity contribution < 1.29 is 4.79 Å². The molecule has 4 heterocycles. The number of primary amides is 1. The van der Waals surface area contributed by atoms with E-state index in [1.807, 2.05) is 48.8 Å². The number of nitrogens with two attached hydrogens (primary N) is 1. The first-order valence-corrected chi connectivity index (χ1v) is 8.17. The van der Waals surface area contributed by atoms with Crippen molar-refractivity contribution >= 4 is 22.6 Å². The van der Waals surface area contributed by atoms with Crippen molar-refractivity contribution in [2.45, 2.75) is 6.04 Å². The SMILES string of the molecule is NC(=O)c1nnc2[nH]cc3c2c1-c1ccccc1NC3c1cccnc1. The Morgan fingerprint density at radius 1 is 1.12 bits per heavy atom. The molecule has 0 radical (unpaired) electrons. The maximum absolute atomic E-state index is 12.0. The summed E-state index contributed by atoms with van der Waals surface area (Å²) in [5.41, 5.74) is 10.8. The highest BCUT2D eigenvalue weighted by Crippen LogP contribution is 2.44. The van der Waals surface area contributed by atoms with Crippen LogP contribution >= 0.6 is 0 Å². The molecule has 4 aromatic rings. The van der Waals surface area contributed by atoms with Crippen LogP contribution in [0, 0.1) is 0 Å². The third-order valence-electron chi connectivity index (χ3n) is 4.69. The standard InChI is InChI=1S/C19H14N6O/c20-18(26)17-14-11-5-1-2-6-13(11)23-16(10-4-3-7-21-8-10)12-9-22-19(15(12)14)25-24-17/h1-9,16,23H,(H2,20,26)(H,22,25). The smallest absolute Gasteiger partial charge is 0.269 e. The molecule has 3 aromatic heterocycles. The lowest BCUT2D eigenvalue weighted by Gasteiger charge is -2.19. The van der Waals surface area contributed by atoms with Gasteiger partial charge in [-0.25, -0.2) is 0 Å². The highest BCUT2D eigenvalue weighted by Gasteiger charge is 2.29. The summed E-state index contributed by atoms with van der Waals surface area (Å²) in [4.78, 5) is 19.4. The number of carbonyl (C=O) groups is 1. The quantitative estimate of drug-likeness (QED) is 0.519. The Kier molecular flexibility index (Phi) is 3.02. The molecular formula is C19H14N6O. The molecule has 1 amide bonds. The number of amides is 1. The molecule has 5 rings (SSSR count).